The molecule has 1 unspecified atom stereocenters. The largest absolute Gasteiger partial charge is 0.481 e. The first-order valence-corrected chi connectivity index (χ1v) is 7.11. The van der Waals surface area contributed by atoms with Gasteiger partial charge < -0.3 is 10.0 Å². The fourth-order valence-electron chi connectivity index (χ4n) is 2.25. The molecule has 0 bridgehead atoms. The molecule has 4 nitrogen and oxygen atoms in total. The highest BCUT2D eigenvalue weighted by molar-refractivity contribution is 5.70. The summed E-state index contributed by atoms with van der Waals surface area (Å²) in [6, 6.07) is 9.98. The van der Waals surface area contributed by atoms with Crippen molar-refractivity contribution in [3.8, 4) is 0 Å². The van der Waals surface area contributed by atoms with E-state index in [4.69, 9.17) is 5.11 Å². The van der Waals surface area contributed by atoms with E-state index in [2.05, 4.69) is 4.98 Å². The molecule has 0 saturated carbocycles. The number of carbonyl (C=O) groups is 1. The van der Waals surface area contributed by atoms with Crippen LogP contribution in [0, 0.1) is 18.7 Å². The van der Waals surface area contributed by atoms with E-state index < -0.39 is 11.9 Å². The second-order valence-corrected chi connectivity index (χ2v) is 5.39. The third-order valence-electron chi connectivity index (χ3n) is 3.48. The Morgan fingerprint density at radius 1 is 1.32 bits per heavy atom. The summed E-state index contributed by atoms with van der Waals surface area (Å²) in [6.07, 6.45) is 1.69. The molecule has 0 aliphatic rings. The summed E-state index contributed by atoms with van der Waals surface area (Å²) < 4.78 is 13.0. The van der Waals surface area contributed by atoms with Gasteiger partial charge in [0.05, 0.1) is 5.92 Å². The molecule has 0 aliphatic heterocycles. The van der Waals surface area contributed by atoms with Gasteiger partial charge in [-0.05, 0) is 36.2 Å². The number of benzene rings is 1. The number of aromatic nitrogens is 1. The van der Waals surface area contributed by atoms with Gasteiger partial charge in [0.1, 0.15) is 11.6 Å². The summed E-state index contributed by atoms with van der Waals surface area (Å²) in [5, 5.41) is 9.15. The summed E-state index contributed by atoms with van der Waals surface area (Å²) in [5.41, 5.74) is 1.88. The van der Waals surface area contributed by atoms with Crippen molar-refractivity contribution in [1.29, 1.82) is 0 Å². The smallest absolute Gasteiger partial charge is 0.308 e. The highest BCUT2D eigenvalue weighted by Gasteiger charge is 2.19. The molecular formula is C17H19FN2O2. The molecule has 116 valence electrons. The van der Waals surface area contributed by atoms with Gasteiger partial charge >= 0.3 is 5.97 Å². The van der Waals surface area contributed by atoms with Crippen molar-refractivity contribution in [2.75, 3.05) is 11.4 Å². The summed E-state index contributed by atoms with van der Waals surface area (Å²) in [6.45, 7) is 4.42. The van der Waals surface area contributed by atoms with Gasteiger partial charge in [0.2, 0.25) is 0 Å². The van der Waals surface area contributed by atoms with Gasteiger partial charge in [-0.25, -0.2) is 9.37 Å². The minimum Gasteiger partial charge on any atom is -0.481 e. The lowest BCUT2D eigenvalue weighted by atomic mass is 10.1. The van der Waals surface area contributed by atoms with Crippen LogP contribution in [-0.2, 0) is 11.3 Å². The SMILES string of the molecule is Cc1cccnc1N(Cc1ccc(F)cc1)CC(C)C(=O)O. The van der Waals surface area contributed by atoms with E-state index in [1.165, 1.54) is 12.1 Å². The van der Waals surface area contributed by atoms with Crippen molar-refractivity contribution in [2.45, 2.75) is 20.4 Å². The van der Waals surface area contributed by atoms with E-state index in [0.29, 0.717) is 13.1 Å². The van der Waals surface area contributed by atoms with E-state index in [1.54, 1.807) is 25.3 Å². The Morgan fingerprint density at radius 2 is 2.00 bits per heavy atom. The maximum absolute atomic E-state index is 13.0. The van der Waals surface area contributed by atoms with Gasteiger partial charge in [0, 0.05) is 19.3 Å². The van der Waals surface area contributed by atoms with Crippen LogP contribution in [0.3, 0.4) is 0 Å². The molecule has 22 heavy (non-hydrogen) atoms. The monoisotopic (exact) mass is 302 g/mol. The van der Waals surface area contributed by atoms with Gasteiger partial charge in [-0.3, -0.25) is 4.79 Å². The number of halogens is 1. The Kier molecular flexibility index (Phi) is 5.09. The fraction of sp³-hybridized carbons (Fsp3) is 0.294. The topological polar surface area (TPSA) is 53.4 Å². The molecular weight excluding hydrogens is 283 g/mol. The van der Waals surface area contributed by atoms with Crippen LogP contribution >= 0.6 is 0 Å². The van der Waals surface area contributed by atoms with Gasteiger partial charge in [-0.15, -0.1) is 0 Å². The second-order valence-electron chi connectivity index (χ2n) is 5.39. The first kappa shape index (κ1) is 15.9. The van der Waals surface area contributed by atoms with Crippen LogP contribution in [0.2, 0.25) is 0 Å². The molecule has 0 fully saturated rings. The Hall–Kier alpha value is -2.43. The first-order chi connectivity index (χ1) is 10.5. The number of hydrogen-bond donors (Lipinski definition) is 1. The van der Waals surface area contributed by atoms with E-state index in [9.17, 15) is 9.18 Å². The lowest BCUT2D eigenvalue weighted by molar-refractivity contribution is -0.140. The summed E-state index contributed by atoms with van der Waals surface area (Å²) in [7, 11) is 0. The number of nitrogens with zero attached hydrogens (tertiary/aromatic N) is 2. The Morgan fingerprint density at radius 3 is 2.59 bits per heavy atom. The van der Waals surface area contributed by atoms with Gasteiger partial charge in [0.25, 0.3) is 0 Å². The Labute approximate surface area is 129 Å². The number of pyridine rings is 1. The molecule has 1 aromatic heterocycles. The summed E-state index contributed by atoms with van der Waals surface area (Å²) in [4.78, 5) is 17.4. The minimum atomic E-state index is -0.849. The van der Waals surface area contributed by atoms with E-state index in [-0.39, 0.29) is 5.82 Å². The molecule has 0 aliphatic carbocycles. The zero-order valence-corrected chi connectivity index (χ0v) is 12.7. The van der Waals surface area contributed by atoms with Crippen LogP contribution in [0.4, 0.5) is 10.2 Å². The summed E-state index contributed by atoms with van der Waals surface area (Å²) >= 11 is 0. The average Bonchev–Trinajstić information content (AvgIpc) is 2.49. The van der Waals surface area contributed by atoms with Crippen molar-refractivity contribution in [3.05, 3.63) is 59.5 Å². The quantitative estimate of drug-likeness (QED) is 0.890. The van der Waals surface area contributed by atoms with Crippen LogP contribution in [-0.4, -0.2) is 22.6 Å². The van der Waals surface area contributed by atoms with Crippen LogP contribution in [0.1, 0.15) is 18.1 Å². The predicted molar refractivity (Wildman–Crippen MR) is 83.2 cm³/mol. The zero-order valence-electron chi connectivity index (χ0n) is 12.7. The Bertz CT molecular complexity index is 643. The van der Waals surface area contributed by atoms with Crippen molar-refractivity contribution in [1.82, 2.24) is 4.98 Å². The lowest BCUT2D eigenvalue weighted by Gasteiger charge is -2.27. The maximum atomic E-state index is 13.0. The molecule has 0 spiro atoms. The van der Waals surface area contributed by atoms with E-state index in [1.807, 2.05) is 24.0 Å². The number of rotatable bonds is 6. The molecule has 2 aromatic rings. The van der Waals surface area contributed by atoms with Crippen LogP contribution in [0.5, 0.6) is 0 Å². The minimum absolute atomic E-state index is 0.289. The number of carboxylic acids is 1. The maximum Gasteiger partial charge on any atom is 0.308 e. The lowest BCUT2D eigenvalue weighted by Crippen LogP contribution is -2.32. The third-order valence-corrected chi connectivity index (χ3v) is 3.48. The van der Waals surface area contributed by atoms with Gasteiger partial charge in [-0.1, -0.05) is 25.1 Å². The normalized spacial score (nSPS) is 12.0. The van der Waals surface area contributed by atoms with Crippen LogP contribution < -0.4 is 4.90 Å². The summed E-state index contributed by atoms with van der Waals surface area (Å²) in [5.74, 6) is -0.914. The molecule has 0 amide bonds. The van der Waals surface area contributed by atoms with Gasteiger partial charge in [0.15, 0.2) is 0 Å². The number of carboxylic acid groups (broad SMARTS) is 1. The van der Waals surface area contributed by atoms with Crippen molar-refractivity contribution < 1.29 is 14.3 Å². The number of aliphatic carboxylic acids is 1. The number of aryl methyl sites for hydroxylation is 1. The highest BCUT2D eigenvalue weighted by Crippen LogP contribution is 2.20. The molecule has 1 heterocycles. The van der Waals surface area contributed by atoms with E-state index >= 15 is 0 Å². The fourth-order valence-corrected chi connectivity index (χ4v) is 2.25. The van der Waals surface area contributed by atoms with Crippen molar-refractivity contribution in [3.63, 3.8) is 0 Å². The molecule has 5 heteroatoms. The first-order valence-electron chi connectivity index (χ1n) is 7.11. The Balaban J connectivity index is 2.27. The molecule has 2 rings (SSSR count). The molecule has 1 aromatic carbocycles. The second kappa shape index (κ2) is 7.02. The van der Waals surface area contributed by atoms with Gasteiger partial charge in [-0.2, -0.15) is 0 Å². The van der Waals surface area contributed by atoms with Crippen LogP contribution in [0.15, 0.2) is 42.6 Å². The molecule has 1 N–H and O–H groups in total. The zero-order chi connectivity index (χ0) is 16.1. The third kappa shape index (κ3) is 4.04. The number of anilines is 1. The van der Waals surface area contributed by atoms with E-state index in [0.717, 1.165) is 16.9 Å². The predicted octanol–water partition coefficient (Wildman–Crippen LogP) is 3.26. The molecule has 0 radical (unpaired) electrons. The highest BCUT2D eigenvalue weighted by atomic mass is 19.1. The standard InChI is InChI=1S/C17H19FN2O2/c1-12-4-3-9-19-16(12)20(10-13(2)17(21)22)11-14-5-7-15(18)8-6-14/h3-9,13H,10-11H2,1-2H3,(H,21,22). The van der Waals surface area contributed by atoms with Crippen LogP contribution in [0.25, 0.3) is 0 Å². The molecule has 1 atom stereocenters. The number of hydrogen-bond acceptors (Lipinski definition) is 3. The average molecular weight is 302 g/mol. The van der Waals surface area contributed by atoms with Crippen molar-refractivity contribution in [2.24, 2.45) is 5.92 Å². The van der Waals surface area contributed by atoms with Crippen molar-refractivity contribution >= 4 is 11.8 Å². The molecule has 0 saturated heterocycles.